The first kappa shape index (κ1) is 9.37. The van der Waals surface area contributed by atoms with Crippen LogP contribution in [0.2, 0.25) is 0 Å². The summed E-state index contributed by atoms with van der Waals surface area (Å²) >= 11 is 1.85. The van der Waals surface area contributed by atoms with Crippen LogP contribution in [0.1, 0.15) is 30.7 Å². The Hall–Kier alpha value is -0.860. The van der Waals surface area contributed by atoms with Crippen molar-refractivity contribution in [1.29, 1.82) is 0 Å². The fraction of sp³-hybridized carbons (Fsp3) is 0.385. The van der Waals surface area contributed by atoms with Crippen LogP contribution in [0.3, 0.4) is 0 Å². The number of hydrogen-bond donors (Lipinski definition) is 1. The Labute approximate surface area is 93.9 Å². The van der Waals surface area contributed by atoms with Crippen molar-refractivity contribution < 1.29 is 0 Å². The normalized spacial score (nSPS) is 26.2. The second-order valence-corrected chi connectivity index (χ2v) is 5.30. The molecule has 1 heterocycles. The Morgan fingerprint density at radius 2 is 2.13 bits per heavy atom. The van der Waals surface area contributed by atoms with Crippen LogP contribution in [0, 0.1) is 0 Å². The number of nitrogens with two attached hydrogens (primary N) is 1. The quantitative estimate of drug-likeness (QED) is 0.777. The van der Waals surface area contributed by atoms with Gasteiger partial charge in [-0.3, -0.25) is 0 Å². The smallest absolute Gasteiger partial charge is 0.0378 e. The molecule has 2 aromatic rings. The van der Waals surface area contributed by atoms with Gasteiger partial charge in [0.2, 0.25) is 0 Å². The van der Waals surface area contributed by atoms with Gasteiger partial charge < -0.3 is 5.73 Å². The molecule has 2 unspecified atom stereocenters. The highest BCUT2D eigenvalue weighted by molar-refractivity contribution is 7.17. The first-order valence-electron chi connectivity index (χ1n) is 5.58. The summed E-state index contributed by atoms with van der Waals surface area (Å²) in [6.07, 6.45) is 3.73. The Morgan fingerprint density at radius 3 is 2.93 bits per heavy atom. The standard InChI is InChI=1S/C13H15NS/c14-12-6-2-4-10(12)11-5-1-3-9-7-8-15-13(9)11/h1,3,5,7-8,10,12H,2,4,6,14H2. The fourth-order valence-electron chi connectivity index (χ4n) is 2.68. The summed E-state index contributed by atoms with van der Waals surface area (Å²) in [5.41, 5.74) is 7.65. The van der Waals surface area contributed by atoms with E-state index in [-0.39, 0.29) is 0 Å². The SMILES string of the molecule is NC1CCCC1c1cccc2ccsc12. The van der Waals surface area contributed by atoms with Crippen LogP contribution in [0.5, 0.6) is 0 Å². The van der Waals surface area contributed by atoms with E-state index in [9.17, 15) is 0 Å². The van der Waals surface area contributed by atoms with Crippen LogP contribution in [-0.2, 0) is 0 Å². The van der Waals surface area contributed by atoms with E-state index in [0.717, 1.165) is 0 Å². The van der Waals surface area contributed by atoms with E-state index in [1.54, 1.807) is 0 Å². The van der Waals surface area contributed by atoms with Crippen LogP contribution in [0.15, 0.2) is 29.6 Å². The molecule has 2 N–H and O–H groups in total. The molecule has 1 nitrogen and oxygen atoms in total. The van der Waals surface area contributed by atoms with Gasteiger partial charge in [-0.05, 0) is 35.2 Å². The van der Waals surface area contributed by atoms with Gasteiger partial charge >= 0.3 is 0 Å². The highest BCUT2D eigenvalue weighted by Gasteiger charge is 2.26. The zero-order chi connectivity index (χ0) is 10.3. The summed E-state index contributed by atoms with van der Waals surface area (Å²) in [6, 6.07) is 9.18. The maximum atomic E-state index is 6.18. The van der Waals surface area contributed by atoms with E-state index in [2.05, 4.69) is 29.6 Å². The van der Waals surface area contributed by atoms with E-state index in [0.29, 0.717) is 12.0 Å². The summed E-state index contributed by atoms with van der Waals surface area (Å²) in [6.45, 7) is 0. The van der Waals surface area contributed by atoms with Crippen LogP contribution in [0.4, 0.5) is 0 Å². The van der Waals surface area contributed by atoms with Crippen molar-refractivity contribution in [3.8, 4) is 0 Å². The molecule has 3 rings (SSSR count). The molecule has 0 amide bonds. The Kier molecular flexibility index (Phi) is 2.26. The van der Waals surface area contributed by atoms with Crippen molar-refractivity contribution in [2.75, 3.05) is 0 Å². The highest BCUT2D eigenvalue weighted by atomic mass is 32.1. The van der Waals surface area contributed by atoms with E-state index < -0.39 is 0 Å². The molecule has 0 aliphatic heterocycles. The molecule has 1 aromatic heterocycles. The van der Waals surface area contributed by atoms with E-state index in [4.69, 9.17) is 5.73 Å². The molecule has 1 saturated carbocycles. The van der Waals surface area contributed by atoms with Gasteiger partial charge in [0.1, 0.15) is 0 Å². The topological polar surface area (TPSA) is 26.0 Å². The molecule has 0 saturated heterocycles. The maximum absolute atomic E-state index is 6.18. The molecular weight excluding hydrogens is 202 g/mol. The summed E-state index contributed by atoms with van der Waals surface area (Å²) in [7, 11) is 0. The van der Waals surface area contributed by atoms with Crippen LogP contribution < -0.4 is 5.73 Å². The molecule has 1 aliphatic carbocycles. The van der Waals surface area contributed by atoms with Gasteiger partial charge in [-0.2, -0.15) is 0 Å². The number of rotatable bonds is 1. The van der Waals surface area contributed by atoms with Crippen molar-refractivity contribution in [1.82, 2.24) is 0 Å². The van der Waals surface area contributed by atoms with E-state index >= 15 is 0 Å². The Balaban J connectivity index is 2.13. The van der Waals surface area contributed by atoms with Gasteiger partial charge in [-0.25, -0.2) is 0 Å². The predicted octanol–water partition coefficient (Wildman–Crippen LogP) is 3.50. The van der Waals surface area contributed by atoms with Gasteiger partial charge in [-0.1, -0.05) is 24.6 Å². The number of benzene rings is 1. The summed E-state index contributed by atoms with van der Waals surface area (Å²) in [5, 5.41) is 3.55. The number of fused-ring (bicyclic) bond motifs is 1. The average molecular weight is 217 g/mol. The summed E-state index contributed by atoms with van der Waals surface area (Å²) in [4.78, 5) is 0. The highest BCUT2D eigenvalue weighted by Crippen LogP contribution is 2.38. The minimum atomic E-state index is 0.373. The van der Waals surface area contributed by atoms with Crippen LogP contribution >= 0.6 is 11.3 Å². The lowest BCUT2D eigenvalue weighted by atomic mass is 9.94. The van der Waals surface area contributed by atoms with E-state index in [1.807, 2.05) is 11.3 Å². The Morgan fingerprint density at radius 1 is 1.20 bits per heavy atom. The number of thiophene rings is 1. The molecule has 1 fully saturated rings. The van der Waals surface area contributed by atoms with Crippen molar-refractivity contribution in [3.05, 3.63) is 35.2 Å². The second-order valence-electron chi connectivity index (χ2n) is 4.39. The van der Waals surface area contributed by atoms with Gasteiger partial charge in [0, 0.05) is 16.7 Å². The minimum absolute atomic E-state index is 0.373. The van der Waals surface area contributed by atoms with Gasteiger partial charge in [-0.15, -0.1) is 11.3 Å². The lowest BCUT2D eigenvalue weighted by molar-refractivity contribution is 0.617. The summed E-state index contributed by atoms with van der Waals surface area (Å²) in [5.74, 6) is 0.590. The van der Waals surface area contributed by atoms with Gasteiger partial charge in [0.15, 0.2) is 0 Å². The van der Waals surface area contributed by atoms with Gasteiger partial charge in [0.25, 0.3) is 0 Å². The lowest BCUT2D eigenvalue weighted by Gasteiger charge is -2.16. The molecule has 78 valence electrons. The molecule has 0 radical (unpaired) electrons. The first-order chi connectivity index (χ1) is 7.36. The van der Waals surface area contributed by atoms with Crippen molar-refractivity contribution >= 4 is 21.4 Å². The largest absolute Gasteiger partial charge is 0.327 e. The molecule has 15 heavy (non-hydrogen) atoms. The molecule has 0 spiro atoms. The molecular formula is C13H15NS. The predicted molar refractivity (Wildman–Crippen MR) is 66.4 cm³/mol. The minimum Gasteiger partial charge on any atom is -0.327 e. The molecule has 1 aliphatic rings. The van der Waals surface area contributed by atoms with Crippen LogP contribution in [-0.4, -0.2) is 6.04 Å². The third-order valence-corrected chi connectivity index (χ3v) is 4.46. The molecule has 2 atom stereocenters. The summed E-state index contributed by atoms with van der Waals surface area (Å²) < 4.78 is 1.44. The third kappa shape index (κ3) is 1.48. The Bertz CT molecular complexity index is 474. The fourth-order valence-corrected chi connectivity index (χ4v) is 3.66. The van der Waals surface area contributed by atoms with Crippen molar-refractivity contribution in [2.45, 2.75) is 31.2 Å². The van der Waals surface area contributed by atoms with Crippen LogP contribution in [0.25, 0.3) is 10.1 Å². The monoisotopic (exact) mass is 217 g/mol. The van der Waals surface area contributed by atoms with Crippen molar-refractivity contribution in [3.63, 3.8) is 0 Å². The zero-order valence-corrected chi connectivity index (χ0v) is 9.46. The van der Waals surface area contributed by atoms with Crippen molar-refractivity contribution in [2.24, 2.45) is 5.73 Å². The molecule has 1 aromatic carbocycles. The molecule has 0 bridgehead atoms. The third-order valence-electron chi connectivity index (χ3n) is 3.48. The molecule has 2 heteroatoms. The van der Waals surface area contributed by atoms with Gasteiger partial charge in [0.05, 0.1) is 0 Å². The average Bonchev–Trinajstić information content (AvgIpc) is 2.85. The number of hydrogen-bond acceptors (Lipinski definition) is 2. The second kappa shape index (κ2) is 3.62. The maximum Gasteiger partial charge on any atom is 0.0378 e. The van der Waals surface area contributed by atoms with E-state index in [1.165, 1.54) is 34.9 Å². The first-order valence-corrected chi connectivity index (χ1v) is 6.46. The lowest BCUT2D eigenvalue weighted by Crippen LogP contribution is -2.22. The zero-order valence-electron chi connectivity index (χ0n) is 8.65.